The highest BCUT2D eigenvalue weighted by atomic mass is 32.1. The van der Waals surface area contributed by atoms with Crippen LogP contribution in [0.4, 0.5) is 0 Å². The highest BCUT2D eigenvalue weighted by Gasteiger charge is 2.09. The van der Waals surface area contributed by atoms with Gasteiger partial charge in [0.15, 0.2) is 0 Å². The van der Waals surface area contributed by atoms with E-state index >= 15 is 0 Å². The molecule has 1 N–H and O–H groups in total. The van der Waals surface area contributed by atoms with Crippen molar-refractivity contribution in [2.45, 2.75) is 26.9 Å². The molecule has 0 bridgehead atoms. The molecule has 0 aromatic carbocycles. The van der Waals surface area contributed by atoms with Crippen molar-refractivity contribution in [2.24, 2.45) is 0 Å². The lowest BCUT2D eigenvalue weighted by atomic mass is 10.3. The second-order valence-corrected chi connectivity index (χ2v) is 6.53. The van der Waals surface area contributed by atoms with Crippen molar-refractivity contribution in [3.05, 3.63) is 56.1 Å². The summed E-state index contributed by atoms with van der Waals surface area (Å²) in [6, 6.07) is 1.79. The Morgan fingerprint density at radius 2 is 1.92 bits per heavy atom. The van der Waals surface area contributed by atoms with Crippen LogP contribution in [0.1, 0.15) is 11.3 Å². The molecule has 3 rings (SSSR count). The lowest BCUT2D eigenvalue weighted by Crippen LogP contribution is -2.36. The molecule has 25 heavy (non-hydrogen) atoms. The van der Waals surface area contributed by atoms with Crippen molar-refractivity contribution in [1.82, 2.24) is 24.4 Å². The molecule has 0 saturated carbocycles. The SMILES string of the molecule is Cc1ncn(CC(=O)NCCn2cnc3ccsc3c2=O)c(=O)c1C. The Morgan fingerprint density at radius 3 is 2.72 bits per heavy atom. The number of hydrogen-bond acceptors (Lipinski definition) is 6. The molecule has 1 amide bonds. The molecule has 3 heterocycles. The normalized spacial score (nSPS) is 11.0. The molecule has 8 nitrogen and oxygen atoms in total. The van der Waals surface area contributed by atoms with Crippen LogP contribution in [0.2, 0.25) is 0 Å². The van der Waals surface area contributed by atoms with Crippen molar-refractivity contribution in [1.29, 1.82) is 0 Å². The molecular weight excluding hydrogens is 342 g/mol. The first-order valence-electron chi connectivity index (χ1n) is 7.69. The monoisotopic (exact) mass is 359 g/mol. The first kappa shape index (κ1) is 17.0. The standard InChI is InChI=1S/C16H17N5O3S/c1-10-11(2)18-8-21(15(10)23)7-13(22)17-4-5-20-9-19-12-3-6-25-14(12)16(20)24/h3,6,8-9H,4-5,7H2,1-2H3,(H,17,22). The molecule has 0 aliphatic rings. The number of aromatic nitrogens is 4. The third-order valence-electron chi connectivity index (χ3n) is 3.94. The maximum Gasteiger partial charge on any atom is 0.271 e. The van der Waals surface area contributed by atoms with Crippen LogP contribution in [-0.4, -0.2) is 31.6 Å². The van der Waals surface area contributed by atoms with Crippen molar-refractivity contribution in [3.8, 4) is 0 Å². The fourth-order valence-electron chi connectivity index (χ4n) is 2.35. The van der Waals surface area contributed by atoms with E-state index in [2.05, 4.69) is 15.3 Å². The van der Waals surface area contributed by atoms with Crippen molar-refractivity contribution in [2.75, 3.05) is 6.54 Å². The minimum absolute atomic E-state index is 0.107. The quantitative estimate of drug-likeness (QED) is 0.713. The van der Waals surface area contributed by atoms with Crippen LogP contribution in [-0.2, 0) is 17.9 Å². The zero-order valence-corrected chi connectivity index (χ0v) is 14.7. The Morgan fingerprint density at radius 1 is 1.16 bits per heavy atom. The fraction of sp³-hybridized carbons (Fsp3) is 0.312. The Labute approximate surface area is 146 Å². The molecule has 0 fully saturated rings. The van der Waals surface area contributed by atoms with Gasteiger partial charge in [-0.3, -0.25) is 23.5 Å². The smallest absolute Gasteiger partial charge is 0.271 e. The fourth-order valence-corrected chi connectivity index (χ4v) is 3.15. The molecule has 0 aliphatic carbocycles. The average Bonchev–Trinajstić information content (AvgIpc) is 3.07. The van der Waals surface area contributed by atoms with E-state index in [-0.39, 0.29) is 30.1 Å². The summed E-state index contributed by atoms with van der Waals surface area (Å²) in [6.07, 6.45) is 2.84. The largest absolute Gasteiger partial charge is 0.353 e. The third-order valence-corrected chi connectivity index (χ3v) is 4.83. The summed E-state index contributed by atoms with van der Waals surface area (Å²) in [7, 11) is 0. The first-order chi connectivity index (χ1) is 12.0. The molecule has 0 atom stereocenters. The number of amides is 1. The van der Waals surface area contributed by atoms with Crippen molar-refractivity contribution >= 4 is 27.5 Å². The van der Waals surface area contributed by atoms with Gasteiger partial charge in [-0.05, 0) is 25.3 Å². The van der Waals surface area contributed by atoms with Crippen LogP contribution in [0, 0.1) is 13.8 Å². The van der Waals surface area contributed by atoms with Gasteiger partial charge in [-0.2, -0.15) is 0 Å². The highest BCUT2D eigenvalue weighted by molar-refractivity contribution is 7.17. The van der Waals surface area contributed by atoms with E-state index in [1.807, 2.05) is 5.38 Å². The number of rotatable bonds is 5. The van der Waals surface area contributed by atoms with Gasteiger partial charge in [-0.25, -0.2) is 9.97 Å². The van der Waals surface area contributed by atoms with E-state index in [4.69, 9.17) is 0 Å². The number of nitrogens with zero attached hydrogens (tertiary/aromatic N) is 4. The summed E-state index contributed by atoms with van der Waals surface area (Å²) in [6.45, 7) is 3.90. The molecule has 9 heteroatoms. The van der Waals surface area contributed by atoms with E-state index in [0.717, 1.165) is 0 Å². The Balaban J connectivity index is 1.61. The van der Waals surface area contributed by atoms with Gasteiger partial charge in [0, 0.05) is 24.3 Å². The summed E-state index contributed by atoms with van der Waals surface area (Å²) >= 11 is 1.35. The van der Waals surface area contributed by atoms with E-state index in [1.165, 1.54) is 33.1 Å². The maximum atomic E-state index is 12.2. The molecule has 0 spiro atoms. The maximum absolute atomic E-state index is 12.2. The molecule has 0 radical (unpaired) electrons. The number of aryl methyl sites for hydroxylation is 1. The zero-order chi connectivity index (χ0) is 18.0. The zero-order valence-electron chi connectivity index (χ0n) is 13.9. The number of carbonyl (C=O) groups excluding carboxylic acids is 1. The molecule has 3 aromatic heterocycles. The second kappa shape index (κ2) is 6.98. The van der Waals surface area contributed by atoms with Gasteiger partial charge in [-0.15, -0.1) is 11.3 Å². The van der Waals surface area contributed by atoms with E-state index in [1.54, 1.807) is 19.9 Å². The van der Waals surface area contributed by atoms with Crippen molar-refractivity contribution < 1.29 is 4.79 Å². The van der Waals surface area contributed by atoms with E-state index < -0.39 is 0 Å². The number of carbonyl (C=O) groups is 1. The molecule has 3 aromatic rings. The summed E-state index contributed by atoms with van der Waals surface area (Å²) in [4.78, 5) is 44.6. The molecule has 130 valence electrons. The Hall–Kier alpha value is -2.81. The molecule has 0 aliphatic heterocycles. The second-order valence-electron chi connectivity index (χ2n) is 5.62. The number of thiophene rings is 1. The van der Waals surface area contributed by atoms with Gasteiger partial charge in [0.25, 0.3) is 11.1 Å². The molecular formula is C16H17N5O3S. The minimum atomic E-state index is -0.314. The van der Waals surface area contributed by atoms with Gasteiger partial charge < -0.3 is 5.32 Å². The first-order valence-corrected chi connectivity index (χ1v) is 8.57. The number of hydrogen-bond donors (Lipinski definition) is 1. The lowest BCUT2D eigenvalue weighted by Gasteiger charge is -2.09. The van der Waals surface area contributed by atoms with Crippen LogP contribution < -0.4 is 16.4 Å². The van der Waals surface area contributed by atoms with Crippen LogP contribution in [0.15, 0.2) is 33.7 Å². The van der Waals surface area contributed by atoms with Crippen LogP contribution in [0.25, 0.3) is 10.2 Å². The summed E-state index contributed by atoms with van der Waals surface area (Å²) < 4.78 is 3.33. The Kier molecular flexibility index (Phi) is 4.75. The summed E-state index contributed by atoms with van der Waals surface area (Å²) in [5.74, 6) is -0.314. The highest BCUT2D eigenvalue weighted by Crippen LogP contribution is 2.12. The predicted molar refractivity (Wildman–Crippen MR) is 94.9 cm³/mol. The van der Waals surface area contributed by atoms with Crippen molar-refractivity contribution in [3.63, 3.8) is 0 Å². The Bertz CT molecular complexity index is 1050. The number of fused-ring (bicyclic) bond motifs is 1. The van der Waals surface area contributed by atoms with Crippen LogP contribution >= 0.6 is 11.3 Å². The van der Waals surface area contributed by atoms with E-state index in [9.17, 15) is 14.4 Å². The van der Waals surface area contributed by atoms with Crippen LogP contribution in [0.3, 0.4) is 0 Å². The average molecular weight is 359 g/mol. The van der Waals surface area contributed by atoms with Gasteiger partial charge >= 0.3 is 0 Å². The lowest BCUT2D eigenvalue weighted by molar-refractivity contribution is -0.121. The minimum Gasteiger partial charge on any atom is -0.353 e. The van der Waals surface area contributed by atoms with Gasteiger partial charge in [-0.1, -0.05) is 0 Å². The topological polar surface area (TPSA) is 98.9 Å². The summed E-state index contributed by atoms with van der Waals surface area (Å²) in [5.41, 5.74) is 1.50. The summed E-state index contributed by atoms with van der Waals surface area (Å²) in [5, 5.41) is 4.52. The van der Waals surface area contributed by atoms with Gasteiger partial charge in [0.05, 0.1) is 18.2 Å². The predicted octanol–water partition coefficient (Wildman–Crippen LogP) is 0.448. The van der Waals surface area contributed by atoms with Gasteiger partial charge in [0.1, 0.15) is 11.2 Å². The third kappa shape index (κ3) is 3.50. The van der Waals surface area contributed by atoms with E-state index in [0.29, 0.717) is 28.0 Å². The van der Waals surface area contributed by atoms with Gasteiger partial charge in [0.2, 0.25) is 5.91 Å². The molecule has 0 unspecified atom stereocenters. The molecule has 0 saturated heterocycles. The number of nitrogens with one attached hydrogen (secondary N) is 1. The van der Waals surface area contributed by atoms with Crippen LogP contribution in [0.5, 0.6) is 0 Å².